The summed E-state index contributed by atoms with van der Waals surface area (Å²) < 4.78 is 23.0. The number of nitrogens with zero attached hydrogens (tertiary/aromatic N) is 1. The molecule has 1 aliphatic heterocycles. The van der Waals surface area contributed by atoms with E-state index < -0.39 is 15.9 Å². The van der Waals surface area contributed by atoms with E-state index in [1.807, 2.05) is 6.92 Å². The van der Waals surface area contributed by atoms with Gasteiger partial charge >= 0.3 is 0 Å². The molecule has 1 rings (SSSR count). The Morgan fingerprint density at radius 1 is 1.33 bits per heavy atom. The van der Waals surface area contributed by atoms with Crippen molar-refractivity contribution in [1.29, 1.82) is 0 Å². The Bertz CT molecular complexity index is 419. The highest BCUT2D eigenvalue weighted by atomic mass is 32.2. The predicted octanol–water partition coefficient (Wildman–Crippen LogP) is -0.452. The van der Waals surface area contributed by atoms with Crippen LogP contribution in [0.5, 0.6) is 0 Å². The monoisotopic (exact) mass is 276 g/mol. The Hall–Kier alpha value is -0.950. The summed E-state index contributed by atoms with van der Waals surface area (Å²) in [6, 6.07) is -0.440. The smallest absolute Gasteiger partial charge is 0.246 e. The SMILES string of the molecule is CCCS(=O)(=O)CCNC1CCC(=O)N(C)C1=O. The first kappa shape index (κ1) is 15.1. The Labute approximate surface area is 108 Å². The Balaban J connectivity index is 2.41. The van der Waals surface area contributed by atoms with Crippen molar-refractivity contribution >= 4 is 21.7 Å². The van der Waals surface area contributed by atoms with E-state index in [2.05, 4.69) is 5.32 Å². The van der Waals surface area contributed by atoms with E-state index in [9.17, 15) is 18.0 Å². The molecular formula is C11H20N2O4S. The van der Waals surface area contributed by atoms with Crippen LogP contribution >= 0.6 is 0 Å². The number of nitrogens with one attached hydrogen (secondary N) is 1. The third kappa shape index (κ3) is 4.06. The maximum absolute atomic E-state index is 11.7. The Morgan fingerprint density at radius 3 is 2.61 bits per heavy atom. The summed E-state index contributed by atoms with van der Waals surface area (Å²) in [6.07, 6.45) is 1.36. The number of hydrogen-bond donors (Lipinski definition) is 1. The van der Waals surface area contributed by atoms with Gasteiger partial charge < -0.3 is 5.32 Å². The van der Waals surface area contributed by atoms with Crippen LogP contribution in [0.25, 0.3) is 0 Å². The second-order valence-corrected chi connectivity index (χ2v) is 6.79. The first-order chi connectivity index (χ1) is 8.37. The van der Waals surface area contributed by atoms with Gasteiger partial charge in [0.05, 0.1) is 11.8 Å². The van der Waals surface area contributed by atoms with Gasteiger partial charge in [-0.1, -0.05) is 6.92 Å². The molecule has 0 saturated carbocycles. The summed E-state index contributed by atoms with van der Waals surface area (Å²) in [5, 5.41) is 2.91. The van der Waals surface area contributed by atoms with Crippen LogP contribution in [0.1, 0.15) is 26.2 Å². The highest BCUT2D eigenvalue weighted by Gasteiger charge is 2.31. The summed E-state index contributed by atoms with van der Waals surface area (Å²) in [4.78, 5) is 24.1. The quantitative estimate of drug-likeness (QED) is 0.664. The molecule has 18 heavy (non-hydrogen) atoms. The molecule has 0 bridgehead atoms. The van der Waals surface area contributed by atoms with E-state index in [1.165, 1.54) is 7.05 Å². The molecule has 7 heteroatoms. The minimum absolute atomic E-state index is 0.0300. The molecule has 104 valence electrons. The number of likely N-dealkylation sites (tertiary alicyclic amines) is 1. The Morgan fingerprint density at radius 2 is 2.00 bits per heavy atom. The van der Waals surface area contributed by atoms with Crippen molar-refractivity contribution in [3.05, 3.63) is 0 Å². The average molecular weight is 276 g/mol. The molecule has 1 N–H and O–H groups in total. The fourth-order valence-electron chi connectivity index (χ4n) is 1.91. The molecule has 1 saturated heterocycles. The second-order valence-electron chi connectivity index (χ2n) is 4.49. The van der Waals surface area contributed by atoms with Crippen molar-refractivity contribution in [1.82, 2.24) is 10.2 Å². The van der Waals surface area contributed by atoms with Crippen LogP contribution in [0, 0.1) is 0 Å². The van der Waals surface area contributed by atoms with Gasteiger partial charge in [-0.15, -0.1) is 0 Å². The van der Waals surface area contributed by atoms with Crippen molar-refractivity contribution in [2.45, 2.75) is 32.2 Å². The van der Waals surface area contributed by atoms with Crippen LogP contribution < -0.4 is 5.32 Å². The minimum atomic E-state index is -3.03. The maximum atomic E-state index is 11.7. The summed E-state index contributed by atoms with van der Waals surface area (Å²) in [6.45, 7) is 2.07. The van der Waals surface area contributed by atoms with Crippen LogP contribution in [0.2, 0.25) is 0 Å². The number of likely N-dealkylation sites (N-methyl/N-ethyl adjacent to an activating group) is 1. The van der Waals surface area contributed by atoms with E-state index in [0.717, 1.165) is 4.90 Å². The number of amides is 2. The topological polar surface area (TPSA) is 83.6 Å². The van der Waals surface area contributed by atoms with E-state index in [-0.39, 0.29) is 29.9 Å². The van der Waals surface area contributed by atoms with Crippen LogP contribution in [0.4, 0.5) is 0 Å². The molecule has 1 atom stereocenters. The van der Waals surface area contributed by atoms with Crippen molar-refractivity contribution in [3.63, 3.8) is 0 Å². The van der Waals surface area contributed by atoms with Gasteiger partial charge in [-0.05, 0) is 12.8 Å². The van der Waals surface area contributed by atoms with Gasteiger partial charge in [0.1, 0.15) is 0 Å². The van der Waals surface area contributed by atoms with E-state index in [0.29, 0.717) is 19.3 Å². The first-order valence-corrected chi connectivity index (χ1v) is 7.93. The largest absolute Gasteiger partial charge is 0.305 e. The van der Waals surface area contributed by atoms with Crippen molar-refractivity contribution in [2.24, 2.45) is 0 Å². The number of imide groups is 1. The summed E-state index contributed by atoms with van der Waals surface area (Å²) in [5.74, 6) is -0.260. The van der Waals surface area contributed by atoms with Crippen LogP contribution in [-0.4, -0.2) is 56.3 Å². The van der Waals surface area contributed by atoms with Crippen molar-refractivity contribution in [3.8, 4) is 0 Å². The molecule has 0 spiro atoms. The molecule has 6 nitrogen and oxygen atoms in total. The van der Waals surface area contributed by atoms with E-state index in [1.54, 1.807) is 0 Å². The lowest BCUT2D eigenvalue weighted by atomic mass is 10.1. The molecule has 1 fully saturated rings. The van der Waals surface area contributed by atoms with Gasteiger partial charge in [0, 0.05) is 25.8 Å². The number of carbonyl (C=O) groups excluding carboxylic acids is 2. The molecule has 0 radical (unpaired) electrons. The molecule has 2 amide bonds. The standard InChI is InChI=1S/C11H20N2O4S/c1-3-7-18(16,17)8-6-12-9-4-5-10(14)13(2)11(9)15/h9,12H,3-8H2,1-2H3. The number of hydrogen-bond acceptors (Lipinski definition) is 5. The average Bonchev–Trinajstić information content (AvgIpc) is 2.29. The molecule has 0 aliphatic carbocycles. The maximum Gasteiger partial charge on any atom is 0.246 e. The van der Waals surface area contributed by atoms with Crippen LogP contribution in [0.3, 0.4) is 0 Å². The van der Waals surface area contributed by atoms with Crippen molar-refractivity contribution < 1.29 is 18.0 Å². The first-order valence-electron chi connectivity index (χ1n) is 6.11. The summed E-state index contributed by atoms with van der Waals surface area (Å²) in [5.41, 5.74) is 0. The molecule has 1 unspecified atom stereocenters. The fourth-order valence-corrected chi connectivity index (χ4v) is 3.16. The molecule has 0 aromatic carbocycles. The zero-order valence-electron chi connectivity index (χ0n) is 10.8. The highest BCUT2D eigenvalue weighted by Crippen LogP contribution is 2.11. The van der Waals surface area contributed by atoms with Crippen LogP contribution in [0.15, 0.2) is 0 Å². The van der Waals surface area contributed by atoms with Gasteiger partial charge in [0.2, 0.25) is 11.8 Å². The lowest BCUT2D eigenvalue weighted by molar-refractivity contribution is -0.148. The van der Waals surface area contributed by atoms with Gasteiger partial charge in [0.25, 0.3) is 0 Å². The number of piperidine rings is 1. The summed E-state index contributed by atoms with van der Waals surface area (Å²) >= 11 is 0. The molecule has 0 aromatic heterocycles. The number of sulfone groups is 1. The zero-order chi connectivity index (χ0) is 13.8. The van der Waals surface area contributed by atoms with E-state index >= 15 is 0 Å². The van der Waals surface area contributed by atoms with Crippen molar-refractivity contribution in [2.75, 3.05) is 25.1 Å². The van der Waals surface area contributed by atoms with Gasteiger partial charge in [0.15, 0.2) is 9.84 Å². The van der Waals surface area contributed by atoms with E-state index in [4.69, 9.17) is 0 Å². The molecule has 0 aromatic rings. The third-order valence-corrected chi connectivity index (χ3v) is 4.82. The van der Waals surface area contributed by atoms with Gasteiger partial charge in [-0.25, -0.2) is 8.42 Å². The molecular weight excluding hydrogens is 256 g/mol. The lowest BCUT2D eigenvalue weighted by Crippen LogP contribution is -2.52. The number of rotatable bonds is 6. The lowest BCUT2D eigenvalue weighted by Gasteiger charge is -2.28. The third-order valence-electron chi connectivity index (χ3n) is 2.97. The number of carbonyl (C=O) groups is 2. The summed E-state index contributed by atoms with van der Waals surface area (Å²) in [7, 11) is -1.58. The van der Waals surface area contributed by atoms with Gasteiger partial charge in [-0.3, -0.25) is 14.5 Å². The minimum Gasteiger partial charge on any atom is -0.305 e. The highest BCUT2D eigenvalue weighted by molar-refractivity contribution is 7.91. The molecule has 1 aliphatic rings. The second kappa shape index (κ2) is 6.29. The predicted molar refractivity (Wildman–Crippen MR) is 67.7 cm³/mol. The van der Waals surface area contributed by atoms with Gasteiger partial charge in [-0.2, -0.15) is 0 Å². The zero-order valence-corrected chi connectivity index (χ0v) is 11.6. The Kier molecular flexibility index (Phi) is 5.28. The van der Waals surface area contributed by atoms with Crippen LogP contribution in [-0.2, 0) is 19.4 Å². The normalized spacial score (nSPS) is 21.4. The molecule has 1 heterocycles. The fraction of sp³-hybridized carbons (Fsp3) is 0.818.